The van der Waals surface area contributed by atoms with Crippen molar-refractivity contribution in [2.75, 3.05) is 38.6 Å². The molecule has 0 spiro atoms. The second-order valence-electron chi connectivity index (χ2n) is 7.52. The van der Waals surface area contributed by atoms with Gasteiger partial charge in [0.1, 0.15) is 0 Å². The number of carbonyl (C=O) groups excluding carboxylic acids is 1. The maximum absolute atomic E-state index is 12.6. The van der Waals surface area contributed by atoms with Crippen LogP contribution in [0.15, 0.2) is 36.7 Å². The van der Waals surface area contributed by atoms with Crippen LogP contribution in [0.1, 0.15) is 34.8 Å². The minimum atomic E-state index is -0.388. The van der Waals surface area contributed by atoms with Crippen LogP contribution in [0.2, 0.25) is 5.02 Å². The first-order valence-corrected chi connectivity index (χ1v) is 10.7. The van der Waals surface area contributed by atoms with Gasteiger partial charge in [-0.25, -0.2) is 9.97 Å². The van der Waals surface area contributed by atoms with Crippen molar-refractivity contribution < 1.29 is 9.53 Å². The Morgan fingerprint density at radius 1 is 1.29 bits per heavy atom. The number of amides is 1. The number of nitrogens with one attached hydrogen (secondary N) is 1. The highest BCUT2D eigenvalue weighted by Gasteiger charge is 2.19. The minimum absolute atomic E-state index is 0.0941. The third-order valence-electron chi connectivity index (χ3n) is 5.40. The molecular formula is C22H25ClN6O2. The molecule has 31 heavy (non-hydrogen) atoms. The van der Waals surface area contributed by atoms with Crippen LogP contribution >= 0.6 is 11.6 Å². The molecule has 0 saturated carbocycles. The Bertz CT molecular complexity index is 1090. The van der Waals surface area contributed by atoms with Gasteiger partial charge < -0.3 is 15.8 Å². The number of fused-ring (bicyclic) bond motifs is 1. The van der Waals surface area contributed by atoms with Crippen molar-refractivity contribution in [3.8, 4) is 0 Å². The number of carbonyl (C=O) groups is 1. The van der Waals surface area contributed by atoms with Crippen molar-refractivity contribution >= 4 is 34.1 Å². The summed E-state index contributed by atoms with van der Waals surface area (Å²) < 4.78 is 5.44. The number of hydrogen-bond donors (Lipinski definition) is 2. The second kappa shape index (κ2) is 9.55. The number of aromatic nitrogens is 3. The number of anilines is 1. The molecule has 4 rings (SSSR count). The molecule has 3 heterocycles. The average molecular weight is 441 g/mol. The maximum atomic E-state index is 12.6. The number of rotatable bonds is 6. The molecule has 3 aromatic rings. The van der Waals surface area contributed by atoms with Crippen LogP contribution in [0.25, 0.3) is 10.8 Å². The van der Waals surface area contributed by atoms with Crippen molar-refractivity contribution in [3.05, 3.63) is 58.8 Å². The molecule has 3 N–H and O–H groups in total. The zero-order valence-corrected chi connectivity index (χ0v) is 18.1. The highest BCUT2D eigenvalue weighted by Crippen LogP contribution is 2.29. The summed E-state index contributed by atoms with van der Waals surface area (Å²) in [5.41, 5.74) is 7.56. The van der Waals surface area contributed by atoms with Crippen molar-refractivity contribution in [2.45, 2.75) is 19.4 Å². The zero-order chi connectivity index (χ0) is 21.8. The summed E-state index contributed by atoms with van der Waals surface area (Å²) >= 11 is 6.52. The Morgan fingerprint density at radius 2 is 2.06 bits per heavy atom. The van der Waals surface area contributed by atoms with Gasteiger partial charge in [0, 0.05) is 43.8 Å². The third kappa shape index (κ3) is 4.92. The molecule has 1 aliphatic rings. The minimum Gasteiger partial charge on any atom is -0.382 e. The van der Waals surface area contributed by atoms with Gasteiger partial charge in [-0.15, -0.1) is 0 Å². The molecule has 162 valence electrons. The van der Waals surface area contributed by atoms with E-state index >= 15 is 0 Å². The van der Waals surface area contributed by atoms with Gasteiger partial charge in [0.05, 0.1) is 35.7 Å². The van der Waals surface area contributed by atoms with Crippen molar-refractivity contribution in [2.24, 2.45) is 0 Å². The first kappa shape index (κ1) is 21.4. The van der Waals surface area contributed by atoms with E-state index < -0.39 is 0 Å². The predicted molar refractivity (Wildman–Crippen MR) is 120 cm³/mol. The zero-order valence-electron chi connectivity index (χ0n) is 17.3. The van der Waals surface area contributed by atoms with Crippen LogP contribution in [0.3, 0.4) is 0 Å². The van der Waals surface area contributed by atoms with Gasteiger partial charge in [-0.2, -0.15) is 0 Å². The van der Waals surface area contributed by atoms with Crippen molar-refractivity contribution in [1.82, 2.24) is 25.2 Å². The fourth-order valence-electron chi connectivity index (χ4n) is 3.72. The monoisotopic (exact) mass is 440 g/mol. The number of ether oxygens (including phenoxy) is 1. The summed E-state index contributed by atoms with van der Waals surface area (Å²) in [6.45, 7) is 6.09. The summed E-state index contributed by atoms with van der Waals surface area (Å²) in [5.74, 6) is -0.294. The molecule has 1 atom stereocenters. The summed E-state index contributed by atoms with van der Waals surface area (Å²) in [6, 6.07) is 7.43. The molecule has 1 aliphatic heterocycles. The van der Waals surface area contributed by atoms with Gasteiger partial charge in [0.15, 0.2) is 11.5 Å². The molecule has 2 aromatic heterocycles. The molecule has 0 radical (unpaired) electrons. The van der Waals surface area contributed by atoms with Gasteiger partial charge in [-0.05, 0) is 24.4 Å². The van der Waals surface area contributed by atoms with E-state index in [1.807, 2.05) is 31.2 Å². The van der Waals surface area contributed by atoms with Crippen molar-refractivity contribution in [3.63, 3.8) is 0 Å². The number of halogens is 1. The highest BCUT2D eigenvalue weighted by atomic mass is 35.5. The molecule has 1 fully saturated rings. The van der Waals surface area contributed by atoms with Gasteiger partial charge >= 0.3 is 0 Å². The molecule has 1 aromatic carbocycles. The van der Waals surface area contributed by atoms with Crippen molar-refractivity contribution in [1.29, 1.82) is 0 Å². The van der Waals surface area contributed by atoms with E-state index in [1.165, 1.54) is 12.4 Å². The Labute approximate surface area is 185 Å². The van der Waals surface area contributed by atoms with Gasteiger partial charge in [-0.3, -0.25) is 14.7 Å². The first-order chi connectivity index (χ1) is 15.0. The third-order valence-corrected chi connectivity index (χ3v) is 5.72. The Hall–Kier alpha value is -2.81. The Kier molecular flexibility index (Phi) is 6.60. The molecular weight excluding hydrogens is 416 g/mol. The summed E-state index contributed by atoms with van der Waals surface area (Å²) in [5, 5.41) is 5.55. The van der Waals surface area contributed by atoms with E-state index in [0.29, 0.717) is 5.02 Å². The average Bonchev–Trinajstić information content (AvgIpc) is 2.78. The first-order valence-electron chi connectivity index (χ1n) is 10.3. The lowest BCUT2D eigenvalue weighted by molar-refractivity contribution is 0.0384. The summed E-state index contributed by atoms with van der Waals surface area (Å²) in [7, 11) is 0. The van der Waals surface area contributed by atoms with E-state index in [1.54, 1.807) is 0 Å². The summed E-state index contributed by atoms with van der Waals surface area (Å²) in [6.07, 6.45) is 3.65. The Morgan fingerprint density at radius 3 is 2.84 bits per heavy atom. The number of pyridine rings is 1. The standard InChI is InChI=1S/C22H25ClN6O2/c1-14(27-22(30)20-21(24)26-7-6-25-20)18-13-15-3-2-4-16(23)19(15)17(28-18)5-8-29-9-11-31-12-10-29/h2-4,6-7,13-14H,5,8-12H2,1H3,(H2,24,26)(H,27,30). The van der Waals surface area contributed by atoms with E-state index in [0.717, 1.165) is 61.4 Å². The molecule has 0 bridgehead atoms. The normalized spacial score (nSPS) is 15.7. The molecule has 8 nitrogen and oxygen atoms in total. The number of hydrogen-bond acceptors (Lipinski definition) is 7. The van der Waals surface area contributed by atoms with Gasteiger partial charge in [0.2, 0.25) is 0 Å². The number of nitrogen functional groups attached to an aromatic ring is 1. The number of benzene rings is 1. The van der Waals surface area contributed by atoms with Crippen LogP contribution < -0.4 is 11.1 Å². The highest BCUT2D eigenvalue weighted by molar-refractivity contribution is 6.35. The van der Waals surface area contributed by atoms with Crippen LogP contribution in [-0.4, -0.2) is 58.6 Å². The molecule has 9 heteroatoms. The largest absolute Gasteiger partial charge is 0.382 e. The van der Waals surface area contributed by atoms with E-state index in [4.69, 9.17) is 27.1 Å². The number of nitrogens with zero attached hydrogens (tertiary/aromatic N) is 4. The van der Waals surface area contributed by atoms with Gasteiger partial charge in [0.25, 0.3) is 5.91 Å². The van der Waals surface area contributed by atoms with E-state index in [-0.39, 0.29) is 23.5 Å². The quantitative estimate of drug-likeness (QED) is 0.606. The maximum Gasteiger partial charge on any atom is 0.274 e. The van der Waals surface area contributed by atoms with E-state index in [9.17, 15) is 4.79 Å². The van der Waals surface area contributed by atoms with Crippen LogP contribution in [0.4, 0.5) is 5.82 Å². The molecule has 1 saturated heterocycles. The SMILES string of the molecule is CC(NC(=O)c1nccnc1N)c1cc2cccc(Cl)c2c(CCN2CCOCC2)n1. The summed E-state index contributed by atoms with van der Waals surface area (Å²) in [4.78, 5) is 27.8. The topological polar surface area (TPSA) is 106 Å². The van der Waals surface area contributed by atoms with E-state index in [2.05, 4.69) is 20.2 Å². The van der Waals surface area contributed by atoms with Crippen LogP contribution in [0.5, 0.6) is 0 Å². The number of nitrogens with two attached hydrogens (primary N) is 1. The van der Waals surface area contributed by atoms with Gasteiger partial charge in [-0.1, -0.05) is 23.7 Å². The van der Waals surface area contributed by atoms with Crippen LogP contribution in [0, 0.1) is 0 Å². The Balaban J connectivity index is 1.59. The lowest BCUT2D eigenvalue weighted by atomic mass is 10.0. The second-order valence-corrected chi connectivity index (χ2v) is 7.93. The lowest BCUT2D eigenvalue weighted by Gasteiger charge is -2.26. The number of morpholine rings is 1. The molecule has 1 unspecified atom stereocenters. The van der Waals surface area contributed by atoms with Crippen LogP contribution in [-0.2, 0) is 11.2 Å². The molecule has 0 aliphatic carbocycles. The fourth-order valence-corrected chi connectivity index (χ4v) is 4.01. The predicted octanol–water partition coefficient (Wildman–Crippen LogP) is 2.63. The fraction of sp³-hybridized carbons (Fsp3) is 0.364. The molecule has 1 amide bonds. The lowest BCUT2D eigenvalue weighted by Crippen LogP contribution is -2.37. The smallest absolute Gasteiger partial charge is 0.274 e.